The zero-order valence-electron chi connectivity index (χ0n) is 10.7. The third-order valence-electron chi connectivity index (χ3n) is 2.85. The molecule has 0 saturated heterocycles. The summed E-state index contributed by atoms with van der Waals surface area (Å²) in [6.45, 7) is 0.461. The van der Waals surface area contributed by atoms with E-state index in [9.17, 15) is 13.6 Å². The maximum Gasteiger partial charge on any atom is 0.252 e. The fourth-order valence-electron chi connectivity index (χ4n) is 1.86. The molecule has 2 aromatic carbocycles. The van der Waals surface area contributed by atoms with E-state index in [-0.39, 0.29) is 16.4 Å². The van der Waals surface area contributed by atoms with Gasteiger partial charge in [0.15, 0.2) is 0 Å². The van der Waals surface area contributed by atoms with Crippen LogP contribution in [0.4, 0.5) is 0 Å². The van der Waals surface area contributed by atoms with Crippen LogP contribution in [-0.2, 0) is 17.5 Å². The van der Waals surface area contributed by atoms with Crippen LogP contribution in [0.15, 0.2) is 59.5 Å². The van der Waals surface area contributed by atoms with Gasteiger partial charge in [0.05, 0.1) is 5.56 Å². The molecule has 20 heavy (non-hydrogen) atoms. The number of amides is 1. The molecule has 1 amide bonds. The highest BCUT2D eigenvalue weighted by Crippen LogP contribution is 2.12. The first kappa shape index (κ1) is 14.4. The first-order valence-corrected chi connectivity index (χ1v) is 7.26. The molecule has 2 aromatic rings. The van der Waals surface area contributed by atoms with Gasteiger partial charge in [-0.1, -0.05) is 42.5 Å². The van der Waals surface area contributed by atoms with Crippen molar-refractivity contribution in [2.24, 2.45) is 0 Å². The summed E-state index contributed by atoms with van der Waals surface area (Å²) in [4.78, 5) is 12.0. The second kappa shape index (κ2) is 6.98. The Morgan fingerprint density at radius 2 is 1.70 bits per heavy atom. The van der Waals surface area contributed by atoms with Crippen LogP contribution in [-0.4, -0.2) is 21.2 Å². The summed E-state index contributed by atoms with van der Waals surface area (Å²) in [7, 11) is 0. The lowest BCUT2D eigenvalue weighted by Crippen LogP contribution is -2.26. The first-order valence-electron chi connectivity index (χ1n) is 6.19. The average molecular weight is 288 g/mol. The Morgan fingerprint density at radius 3 is 2.40 bits per heavy atom. The third kappa shape index (κ3) is 3.76. The third-order valence-corrected chi connectivity index (χ3v) is 3.57. The van der Waals surface area contributed by atoms with E-state index in [0.717, 1.165) is 5.56 Å². The molecule has 104 valence electrons. The monoisotopic (exact) mass is 288 g/mol. The summed E-state index contributed by atoms with van der Waals surface area (Å²) >= 11 is -2.41. The molecule has 1 N–H and O–H groups in total. The average Bonchev–Trinajstić information content (AvgIpc) is 2.48. The molecule has 0 aromatic heterocycles. The van der Waals surface area contributed by atoms with Crippen molar-refractivity contribution < 1.29 is 13.6 Å². The zero-order valence-corrected chi connectivity index (χ0v) is 11.6. The fraction of sp³-hybridized carbons (Fsp3) is 0.133. The summed E-state index contributed by atoms with van der Waals surface area (Å²) in [5.74, 6) is -0.374. The van der Waals surface area contributed by atoms with E-state index in [4.69, 9.17) is 0 Å². The van der Waals surface area contributed by atoms with Gasteiger partial charge in [-0.25, -0.2) is 0 Å². The highest BCUT2D eigenvalue weighted by Gasteiger charge is 2.10. The standard InChI is InChI=1S/C15H15NO3S/c17-15(13-8-4-5-9-14(13)20(18)19)16-11-10-12-6-2-1-3-7-12/h1-9H,10-11H2,(H,16,17)(H,18,19)/p-1. The van der Waals surface area contributed by atoms with Crippen LogP contribution < -0.4 is 5.32 Å². The van der Waals surface area contributed by atoms with Gasteiger partial charge in [0.1, 0.15) is 0 Å². The van der Waals surface area contributed by atoms with Gasteiger partial charge < -0.3 is 9.87 Å². The van der Waals surface area contributed by atoms with Crippen molar-refractivity contribution in [1.82, 2.24) is 5.32 Å². The van der Waals surface area contributed by atoms with E-state index in [1.165, 1.54) is 12.1 Å². The number of benzene rings is 2. The van der Waals surface area contributed by atoms with E-state index < -0.39 is 11.1 Å². The zero-order chi connectivity index (χ0) is 14.4. The van der Waals surface area contributed by atoms with Gasteiger partial charge in [-0.3, -0.25) is 9.00 Å². The quantitative estimate of drug-likeness (QED) is 0.854. The lowest BCUT2D eigenvalue weighted by atomic mass is 10.1. The highest BCUT2D eigenvalue weighted by atomic mass is 32.2. The van der Waals surface area contributed by atoms with Gasteiger partial charge in [-0.2, -0.15) is 0 Å². The first-order chi connectivity index (χ1) is 9.68. The SMILES string of the molecule is O=C(NCCc1ccccc1)c1ccccc1S(=O)[O-]. The summed E-state index contributed by atoms with van der Waals surface area (Å²) < 4.78 is 22.1. The maximum atomic E-state index is 12.0. The molecule has 2 rings (SSSR count). The largest absolute Gasteiger partial charge is 0.768 e. The number of rotatable bonds is 5. The van der Waals surface area contributed by atoms with E-state index in [1.807, 2.05) is 30.3 Å². The van der Waals surface area contributed by atoms with Gasteiger partial charge in [0.25, 0.3) is 5.91 Å². The van der Waals surface area contributed by atoms with Crippen LogP contribution in [0.3, 0.4) is 0 Å². The van der Waals surface area contributed by atoms with Crippen molar-refractivity contribution in [3.63, 3.8) is 0 Å². The lowest BCUT2D eigenvalue weighted by molar-refractivity contribution is 0.0951. The lowest BCUT2D eigenvalue weighted by Gasteiger charge is -2.11. The van der Waals surface area contributed by atoms with Crippen molar-refractivity contribution in [1.29, 1.82) is 0 Å². The van der Waals surface area contributed by atoms with Crippen molar-refractivity contribution >= 4 is 17.0 Å². The molecule has 0 heterocycles. The summed E-state index contributed by atoms with van der Waals surface area (Å²) in [6.07, 6.45) is 0.704. The molecule has 0 saturated carbocycles. The Bertz CT molecular complexity index is 614. The summed E-state index contributed by atoms with van der Waals surface area (Å²) in [6, 6.07) is 15.9. The van der Waals surface area contributed by atoms with Crippen molar-refractivity contribution in [3.05, 3.63) is 65.7 Å². The molecule has 0 spiro atoms. The van der Waals surface area contributed by atoms with Gasteiger partial charge in [0, 0.05) is 11.4 Å². The maximum absolute atomic E-state index is 12.0. The van der Waals surface area contributed by atoms with Crippen LogP contribution in [0, 0.1) is 0 Å². The number of carbonyl (C=O) groups excluding carboxylic acids is 1. The molecule has 1 unspecified atom stereocenters. The molecule has 0 fully saturated rings. The second-order valence-corrected chi connectivity index (χ2v) is 5.13. The topological polar surface area (TPSA) is 69.2 Å². The minimum atomic E-state index is -2.41. The molecule has 5 heteroatoms. The van der Waals surface area contributed by atoms with Crippen LogP contribution in [0.5, 0.6) is 0 Å². The van der Waals surface area contributed by atoms with Crippen LogP contribution in [0.2, 0.25) is 0 Å². The number of carbonyl (C=O) groups is 1. The molecule has 0 aliphatic rings. The normalized spacial score (nSPS) is 11.8. The molecule has 0 radical (unpaired) electrons. The Balaban J connectivity index is 1.97. The predicted octanol–water partition coefficient (Wildman–Crippen LogP) is 1.90. The number of hydrogen-bond acceptors (Lipinski definition) is 3. The predicted molar refractivity (Wildman–Crippen MR) is 76.1 cm³/mol. The Labute approximate surface area is 120 Å². The summed E-state index contributed by atoms with van der Waals surface area (Å²) in [5, 5.41) is 2.73. The van der Waals surface area contributed by atoms with Crippen LogP contribution in [0.1, 0.15) is 15.9 Å². The van der Waals surface area contributed by atoms with E-state index in [1.54, 1.807) is 12.1 Å². The summed E-state index contributed by atoms with van der Waals surface area (Å²) in [5.41, 5.74) is 1.29. The Morgan fingerprint density at radius 1 is 1.05 bits per heavy atom. The van der Waals surface area contributed by atoms with Crippen LogP contribution >= 0.6 is 0 Å². The van der Waals surface area contributed by atoms with E-state index in [2.05, 4.69) is 5.32 Å². The van der Waals surface area contributed by atoms with Crippen molar-refractivity contribution in [2.45, 2.75) is 11.3 Å². The molecule has 0 aliphatic heterocycles. The fourth-order valence-corrected chi connectivity index (χ4v) is 2.39. The smallest absolute Gasteiger partial charge is 0.252 e. The molecule has 0 bridgehead atoms. The second-order valence-electron chi connectivity index (χ2n) is 4.22. The van der Waals surface area contributed by atoms with E-state index >= 15 is 0 Å². The van der Waals surface area contributed by atoms with Gasteiger partial charge in [0.2, 0.25) is 0 Å². The Kier molecular flexibility index (Phi) is 5.03. The van der Waals surface area contributed by atoms with Crippen LogP contribution in [0.25, 0.3) is 0 Å². The van der Waals surface area contributed by atoms with Crippen molar-refractivity contribution in [2.75, 3.05) is 6.54 Å². The Hall–Kier alpha value is -1.98. The van der Waals surface area contributed by atoms with Gasteiger partial charge in [-0.15, -0.1) is 0 Å². The molecule has 1 atom stereocenters. The van der Waals surface area contributed by atoms with Gasteiger partial charge in [-0.05, 0) is 35.2 Å². The van der Waals surface area contributed by atoms with E-state index in [0.29, 0.717) is 13.0 Å². The molecular formula is C15H14NO3S-. The molecule has 4 nitrogen and oxygen atoms in total. The van der Waals surface area contributed by atoms with Crippen molar-refractivity contribution in [3.8, 4) is 0 Å². The van der Waals surface area contributed by atoms with Gasteiger partial charge >= 0.3 is 0 Å². The molecular weight excluding hydrogens is 274 g/mol. The number of nitrogens with one attached hydrogen (secondary N) is 1. The minimum Gasteiger partial charge on any atom is -0.768 e. The molecule has 0 aliphatic carbocycles. The number of hydrogen-bond donors (Lipinski definition) is 1. The minimum absolute atomic E-state index is 0.0183. The highest BCUT2D eigenvalue weighted by molar-refractivity contribution is 7.79.